The summed E-state index contributed by atoms with van der Waals surface area (Å²) in [5.74, 6) is 0. The predicted molar refractivity (Wildman–Crippen MR) is 125 cm³/mol. The first-order chi connectivity index (χ1) is 12.9. The van der Waals surface area contributed by atoms with Gasteiger partial charge in [0.1, 0.15) is 0 Å². The lowest BCUT2D eigenvalue weighted by Gasteiger charge is -2.42. The number of likely N-dealkylation sites (tertiary alicyclic amines) is 1. The lowest BCUT2D eigenvalue weighted by atomic mass is 9.74. The van der Waals surface area contributed by atoms with E-state index in [1.165, 1.54) is 50.0 Å². The fraction of sp³-hybridized carbons (Fsp3) is 0.760. The van der Waals surface area contributed by atoms with Crippen molar-refractivity contribution in [3.8, 4) is 0 Å². The largest absolute Gasteiger partial charge is 0.375 e. The van der Waals surface area contributed by atoms with Crippen LogP contribution in [0.3, 0.4) is 0 Å². The molecule has 2 nitrogen and oxygen atoms in total. The number of anilines is 1. The van der Waals surface area contributed by atoms with E-state index >= 15 is 0 Å². The molecule has 1 saturated heterocycles. The van der Waals surface area contributed by atoms with Crippen molar-refractivity contribution in [1.29, 1.82) is 0 Å². The molecule has 0 aromatic heterocycles. The average molecular weight is 377 g/mol. The monoisotopic (exact) mass is 376 g/mol. The molecule has 0 aliphatic carbocycles. The van der Waals surface area contributed by atoms with Gasteiger partial charge >= 0.3 is 0 Å². The Morgan fingerprint density at radius 3 is 1.96 bits per heavy atom. The van der Waals surface area contributed by atoms with Gasteiger partial charge in [0.15, 0.2) is 0 Å². The first kappa shape index (κ1) is 26.0. The second-order valence-corrected chi connectivity index (χ2v) is 7.87. The van der Waals surface area contributed by atoms with E-state index in [0.29, 0.717) is 5.41 Å². The smallest absolute Gasteiger partial charge is 0.0366 e. The summed E-state index contributed by atoms with van der Waals surface area (Å²) in [5, 5.41) is 0. The van der Waals surface area contributed by atoms with Crippen LogP contribution in [0.2, 0.25) is 0 Å². The standard InChI is InChI=1S/C12H25N.C11H17N.C2H6/c1-5-12(6-2)7-9-13(10-8-12)11(3)4;1-4-10-7-6-8-11(9-10)12(3)5-2;1-2/h11H,5-10H2,1-4H3;6-9H,4-5H2,1-3H3;1-2H3. The molecule has 1 aliphatic heterocycles. The van der Waals surface area contributed by atoms with Crippen molar-refractivity contribution in [2.24, 2.45) is 5.41 Å². The summed E-state index contributed by atoms with van der Waals surface area (Å²) in [7, 11) is 2.12. The van der Waals surface area contributed by atoms with Crippen molar-refractivity contribution in [2.75, 3.05) is 31.6 Å². The molecule has 0 unspecified atom stereocenters. The maximum absolute atomic E-state index is 2.61. The van der Waals surface area contributed by atoms with E-state index in [2.05, 4.69) is 82.7 Å². The van der Waals surface area contributed by atoms with E-state index < -0.39 is 0 Å². The lowest BCUT2D eigenvalue weighted by molar-refractivity contribution is 0.0762. The summed E-state index contributed by atoms with van der Waals surface area (Å²) in [4.78, 5) is 4.86. The molecule has 1 aliphatic rings. The van der Waals surface area contributed by atoms with E-state index in [0.717, 1.165) is 19.0 Å². The molecule has 1 heterocycles. The number of hydrogen-bond acceptors (Lipinski definition) is 2. The van der Waals surface area contributed by atoms with Gasteiger partial charge in [0.25, 0.3) is 0 Å². The Morgan fingerprint density at radius 2 is 1.56 bits per heavy atom. The molecule has 0 atom stereocenters. The molecule has 2 heteroatoms. The van der Waals surface area contributed by atoms with Gasteiger partial charge in [-0.15, -0.1) is 0 Å². The molecule has 158 valence electrons. The summed E-state index contributed by atoms with van der Waals surface area (Å²) in [6, 6.07) is 9.45. The number of hydrogen-bond donors (Lipinski definition) is 0. The Balaban J connectivity index is 0.000000460. The van der Waals surface area contributed by atoms with Crippen LogP contribution < -0.4 is 4.90 Å². The summed E-state index contributed by atoms with van der Waals surface area (Å²) in [6.45, 7) is 21.4. The third-order valence-corrected chi connectivity index (χ3v) is 6.32. The lowest BCUT2D eigenvalue weighted by Crippen LogP contribution is -2.42. The summed E-state index contributed by atoms with van der Waals surface area (Å²) in [6.07, 6.45) is 6.69. The Morgan fingerprint density at radius 1 is 1.00 bits per heavy atom. The van der Waals surface area contributed by atoms with E-state index in [4.69, 9.17) is 0 Å². The normalized spacial score (nSPS) is 16.1. The molecule has 0 spiro atoms. The van der Waals surface area contributed by atoms with Crippen molar-refractivity contribution in [3.05, 3.63) is 29.8 Å². The molecule has 2 rings (SSSR count). The average Bonchev–Trinajstić information content (AvgIpc) is 2.75. The molecular weight excluding hydrogens is 328 g/mol. The maximum atomic E-state index is 2.61. The van der Waals surface area contributed by atoms with E-state index in [1.54, 1.807) is 0 Å². The van der Waals surface area contributed by atoms with E-state index in [1.807, 2.05) is 13.8 Å². The van der Waals surface area contributed by atoms with Gasteiger partial charge < -0.3 is 9.80 Å². The Bertz CT molecular complexity index is 467. The van der Waals surface area contributed by atoms with Crippen LogP contribution in [0.15, 0.2) is 24.3 Å². The topological polar surface area (TPSA) is 6.48 Å². The second-order valence-electron chi connectivity index (χ2n) is 7.87. The van der Waals surface area contributed by atoms with Gasteiger partial charge in [-0.3, -0.25) is 0 Å². The number of nitrogens with zero attached hydrogens (tertiary/aromatic N) is 2. The zero-order chi connectivity index (χ0) is 20.9. The van der Waals surface area contributed by atoms with Gasteiger partial charge in [-0.05, 0) is 76.2 Å². The SMILES string of the molecule is CC.CCC1(CC)CCN(C(C)C)CC1.CCc1cccc(N(C)CC)c1. The molecule has 0 N–H and O–H groups in total. The van der Waals surface area contributed by atoms with Crippen LogP contribution in [-0.4, -0.2) is 37.6 Å². The predicted octanol–water partition coefficient (Wildman–Crippen LogP) is 7.03. The Kier molecular flexibility index (Phi) is 13.5. The number of aryl methyl sites for hydroxylation is 1. The second kappa shape index (κ2) is 14.0. The maximum Gasteiger partial charge on any atom is 0.0366 e. The van der Waals surface area contributed by atoms with E-state index in [-0.39, 0.29) is 0 Å². The van der Waals surface area contributed by atoms with Crippen molar-refractivity contribution >= 4 is 5.69 Å². The summed E-state index contributed by atoms with van der Waals surface area (Å²) < 4.78 is 0. The summed E-state index contributed by atoms with van der Waals surface area (Å²) >= 11 is 0. The minimum atomic E-state index is 0.686. The van der Waals surface area contributed by atoms with Crippen LogP contribution in [0.5, 0.6) is 0 Å². The summed E-state index contributed by atoms with van der Waals surface area (Å²) in [5.41, 5.74) is 3.41. The minimum absolute atomic E-state index is 0.686. The highest BCUT2D eigenvalue weighted by atomic mass is 15.2. The van der Waals surface area contributed by atoms with Gasteiger partial charge in [-0.1, -0.05) is 59.6 Å². The Hall–Kier alpha value is -1.02. The number of benzene rings is 1. The fourth-order valence-electron chi connectivity index (χ4n) is 3.67. The zero-order valence-electron chi connectivity index (χ0n) is 19.9. The van der Waals surface area contributed by atoms with Gasteiger partial charge in [0.05, 0.1) is 0 Å². The van der Waals surface area contributed by atoms with Crippen LogP contribution in [0, 0.1) is 5.41 Å². The highest BCUT2D eigenvalue weighted by Gasteiger charge is 2.31. The van der Waals surface area contributed by atoms with Crippen LogP contribution in [0.1, 0.15) is 86.6 Å². The molecule has 0 radical (unpaired) electrons. The third kappa shape index (κ3) is 8.68. The molecule has 1 aromatic rings. The first-order valence-corrected chi connectivity index (χ1v) is 11.4. The number of rotatable bonds is 6. The quantitative estimate of drug-likeness (QED) is 0.526. The van der Waals surface area contributed by atoms with Crippen molar-refractivity contribution < 1.29 is 0 Å². The van der Waals surface area contributed by atoms with Crippen molar-refractivity contribution in [2.45, 2.75) is 93.5 Å². The molecule has 1 aromatic carbocycles. The molecule has 27 heavy (non-hydrogen) atoms. The number of piperidine rings is 1. The van der Waals surface area contributed by atoms with Gasteiger partial charge in [0, 0.05) is 25.3 Å². The highest BCUT2D eigenvalue weighted by Crippen LogP contribution is 2.38. The molecule has 0 saturated carbocycles. The van der Waals surface area contributed by atoms with E-state index in [9.17, 15) is 0 Å². The molecule has 0 bridgehead atoms. The molecule has 0 amide bonds. The highest BCUT2D eigenvalue weighted by molar-refractivity contribution is 5.47. The minimum Gasteiger partial charge on any atom is -0.375 e. The van der Waals surface area contributed by atoms with Crippen molar-refractivity contribution in [1.82, 2.24) is 4.90 Å². The fourth-order valence-corrected chi connectivity index (χ4v) is 3.67. The Labute approximate surface area is 171 Å². The van der Waals surface area contributed by atoms with Crippen LogP contribution >= 0.6 is 0 Å². The van der Waals surface area contributed by atoms with Gasteiger partial charge in [0.2, 0.25) is 0 Å². The third-order valence-electron chi connectivity index (χ3n) is 6.32. The first-order valence-electron chi connectivity index (χ1n) is 11.4. The van der Waals surface area contributed by atoms with Gasteiger partial charge in [-0.2, -0.15) is 0 Å². The zero-order valence-corrected chi connectivity index (χ0v) is 19.9. The van der Waals surface area contributed by atoms with Crippen LogP contribution in [-0.2, 0) is 6.42 Å². The van der Waals surface area contributed by atoms with Gasteiger partial charge in [-0.25, -0.2) is 0 Å². The molecular formula is C25H48N2. The van der Waals surface area contributed by atoms with Crippen LogP contribution in [0.4, 0.5) is 5.69 Å². The van der Waals surface area contributed by atoms with Crippen molar-refractivity contribution in [3.63, 3.8) is 0 Å². The van der Waals surface area contributed by atoms with Crippen LogP contribution in [0.25, 0.3) is 0 Å². The molecule has 1 fully saturated rings.